The van der Waals surface area contributed by atoms with Crippen molar-refractivity contribution in [2.24, 2.45) is 17.3 Å². The number of amides is 1. The molecular formula is C19H21N3OS. The van der Waals surface area contributed by atoms with E-state index in [-0.39, 0.29) is 16.7 Å². The molecule has 4 aliphatic rings. The number of hydrogen-bond donors (Lipinski definition) is 1. The molecule has 0 radical (unpaired) electrons. The van der Waals surface area contributed by atoms with Gasteiger partial charge in [0.15, 0.2) is 0 Å². The highest BCUT2D eigenvalue weighted by molar-refractivity contribution is 7.13. The molecule has 0 saturated heterocycles. The normalized spacial score (nSPS) is 36.7. The molecule has 0 spiro atoms. The number of carbonyl (C=O) groups is 1. The predicted molar refractivity (Wildman–Crippen MR) is 93.8 cm³/mol. The van der Waals surface area contributed by atoms with E-state index >= 15 is 0 Å². The summed E-state index contributed by atoms with van der Waals surface area (Å²) in [5.41, 5.74) is 3.09. The van der Waals surface area contributed by atoms with Gasteiger partial charge >= 0.3 is 0 Å². The number of hydrogen-bond acceptors (Lipinski definition) is 4. The Morgan fingerprint density at radius 3 is 2.54 bits per heavy atom. The molecule has 4 fully saturated rings. The minimum absolute atomic E-state index is 0.175. The lowest BCUT2D eigenvalue weighted by Gasteiger charge is -2.61. The fourth-order valence-corrected chi connectivity index (χ4v) is 6.55. The fraction of sp³-hybridized carbons (Fsp3) is 0.526. The molecule has 124 valence electrons. The van der Waals surface area contributed by atoms with E-state index in [0.29, 0.717) is 17.0 Å². The van der Waals surface area contributed by atoms with E-state index < -0.39 is 0 Å². The van der Waals surface area contributed by atoms with Gasteiger partial charge in [0.05, 0.1) is 5.41 Å². The summed E-state index contributed by atoms with van der Waals surface area (Å²) in [7, 11) is 0. The molecule has 4 saturated carbocycles. The summed E-state index contributed by atoms with van der Waals surface area (Å²) in [5, 5.41) is 11.5. The van der Waals surface area contributed by atoms with Crippen molar-refractivity contribution in [1.29, 1.82) is 0 Å². The van der Waals surface area contributed by atoms with E-state index in [2.05, 4.69) is 45.8 Å². The molecule has 4 bridgehead atoms. The highest BCUT2D eigenvalue weighted by atomic mass is 32.1. The Bertz CT molecular complexity index is 744. The van der Waals surface area contributed by atoms with Gasteiger partial charge in [0, 0.05) is 0 Å². The number of nitrogens with one attached hydrogen (secondary N) is 1. The van der Waals surface area contributed by atoms with Gasteiger partial charge in [-0.15, -0.1) is 10.2 Å². The molecule has 1 heterocycles. The standard InChI is InChI=1S/C19H21N3OS/c23-16(21-17-22-20-12-24-17)19-9-13-6-14(10-19)8-18(7-13,11-19)15-4-2-1-3-5-15/h1-5,12-14H,6-11H2,(H,21,22,23)/t13-,14-,18?,19?/m1/s1. The van der Waals surface area contributed by atoms with Crippen LogP contribution in [0.25, 0.3) is 0 Å². The van der Waals surface area contributed by atoms with Gasteiger partial charge in [-0.05, 0) is 61.3 Å². The maximum atomic E-state index is 13.2. The van der Waals surface area contributed by atoms with Gasteiger partial charge in [-0.25, -0.2) is 0 Å². The zero-order valence-electron chi connectivity index (χ0n) is 13.6. The Balaban J connectivity index is 1.50. The summed E-state index contributed by atoms with van der Waals surface area (Å²) >= 11 is 1.40. The largest absolute Gasteiger partial charge is 0.300 e. The zero-order chi connectivity index (χ0) is 16.2. The predicted octanol–water partition coefficient (Wildman–Crippen LogP) is 4.01. The number of carbonyl (C=O) groups excluding carboxylic acids is 1. The van der Waals surface area contributed by atoms with Crippen molar-refractivity contribution in [3.8, 4) is 0 Å². The first-order valence-electron chi connectivity index (χ1n) is 8.81. The molecule has 5 heteroatoms. The van der Waals surface area contributed by atoms with Crippen LogP contribution in [0, 0.1) is 17.3 Å². The van der Waals surface area contributed by atoms with Crippen LogP contribution in [-0.4, -0.2) is 16.1 Å². The fourth-order valence-electron chi connectivity index (χ4n) is 6.11. The van der Waals surface area contributed by atoms with Crippen LogP contribution in [0.4, 0.5) is 5.13 Å². The highest BCUT2D eigenvalue weighted by Gasteiger charge is 2.60. The lowest BCUT2D eigenvalue weighted by atomic mass is 9.42. The molecule has 1 aromatic carbocycles. The summed E-state index contributed by atoms with van der Waals surface area (Å²) in [5.74, 6) is 1.55. The Morgan fingerprint density at radius 1 is 1.12 bits per heavy atom. The number of anilines is 1. The van der Waals surface area contributed by atoms with Gasteiger partial charge < -0.3 is 5.32 Å². The molecule has 1 N–H and O–H groups in total. The smallest absolute Gasteiger partial charge is 0.232 e. The summed E-state index contributed by atoms with van der Waals surface area (Å²) < 4.78 is 0. The first-order valence-corrected chi connectivity index (χ1v) is 9.69. The molecule has 0 aliphatic heterocycles. The number of nitrogens with zero attached hydrogens (tertiary/aromatic N) is 2. The lowest BCUT2D eigenvalue weighted by Crippen LogP contribution is -2.57. The van der Waals surface area contributed by atoms with Gasteiger partial charge in [0.1, 0.15) is 5.51 Å². The van der Waals surface area contributed by atoms with Gasteiger partial charge in [-0.1, -0.05) is 41.7 Å². The van der Waals surface area contributed by atoms with Gasteiger partial charge in [0.2, 0.25) is 11.0 Å². The monoisotopic (exact) mass is 339 g/mol. The van der Waals surface area contributed by atoms with E-state index in [0.717, 1.165) is 19.3 Å². The van der Waals surface area contributed by atoms with E-state index in [1.54, 1.807) is 5.51 Å². The number of aromatic nitrogens is 2. The Labute approximate surface area is 145 Å². The SMILES string of the molecule is O=C(Nc1nncs1)C12C[C@@H]3C[C@@H](C1)CC(c1ccccc1)(C3)C2. The third kappa shape index (κ3) is 2.14. The Hall–Kier alpha value is -1.75. The highest BCUT2D eigenvalue weighted by Crippen LogP contribution is 2.65. The molecule has 2 aromatic rings. The molecule has 1 amide bonds. The maximum Gasteiger partial charge on any atom is 0.232 e. The molecule has 4 aliphatic carbocycles. The van der Waals surface area contributed by atoms with Crippen molar-refractivity contribution < 1.29 is 4.79 Å². The summed E-state index contributed by atoms with van der Waals surface area (Å²) in [4.78, 5) is 13.2. The second kappa shape index (κ2) is 5.12. The second-order valence-electron chi connectivity index (χ2n) is 8.09. The van der Waals surface area contributed by atoms with Crippen molar-refractivity contribution in [1.82, 2.24) is 10.2 Å². The van der Waals surface area contributed by atoms with E-state index in [1.165, 1.54) is 36.2 Å². The molecule has 24 heavy (non-hydrogen) atoms. The van der Waals surface area contributed by atoms with Crippen LogP contribution >= 0.6 is 11.3 Å². The second-order valence-corrected chi connectivity index (χ2v) is 8.92. The first kappa shape index (κ1) is 14.6. The van der Waals surface area contributed by atoms with Crippen LogP contribution < -0.4 is 5.32 Å². The van der Waals surface area contributed by atoms with E-state index in [9.17, 15) is 4.79 Å². The average Bonchev–Trinajstić information content (AvgIpc) is 3.07. The van der Waals surface area contributed by atoms with Crippen LogP contribution in [0.15, 0.2) is 35.8 Å². The Kier molecular flexibility index (Phi) is 3.11. The van der Waals surface area contributed by atoms with Gasteiger partial charge in [-0.2, -0.15) is 0 Å². The maximum absolute atomic E-state index is 13.2. The first-order chi connectivity index (χ1) is 11.7. The minimum Gasteiger partial charge on any atom is -0.300 e. The third-order valence-corrected chi connectivity index (χ3v) is 7.12. The van der Waals surface area contributed by atoms with Crippen molar-refractivity contribution in [2.45, 2.75) is 43.9 Å². The van der Waals surface area contributed by atoms with Crippen molar-refractivity contribution in [3.63, 3.8) is 0 Å². The molecule has 4 nitrogen and oxygen atoms in total. The van der Waals surface area contributed by atoms with Crippen LogP contribution in [-0.2, 0) is 10.2 Å². The van der Waals surface area contributed by atoms with Crippen LogP contribution in [0.2, 0.25) is 0 Å². The quantitative estimate of drug-likeness (QED) is 0.919. The van der Waals surface area contributed by atoms with Crippen LogP contribution in [0.1, 0.15) is 44.1 Å². The van der Waals surface area contributed by atoms with E-state index in [4.69, 9.17) is 0 Å². The molecule has 2 atom stereocenters. The minimum atomic E-state index is -0.217. The molecule has 0 unspecified atom stereocenters. The van der Waals surface area contributed by atoms with Gasteiger partial charge in [0.25, 0.3) is 0 Å². The van der Waals surface area contributed by atoms with Crippen LogP contribution in [0.5, 0.6) is 0 Å². The summed E-state index contributed by atoms with van der Waals surface area (Å²) in [6.07, 6.45) is 6.89. The average molecular weight is 339 g/mol. The zero-order valence-corrected chi connectivity index (χ0v) is 14.4. The summed E-state index contributed by atoms with van der Waals surface area (Å²) in [6.45, 7) is 0. The Morgan fingerprint density at radius 2 is 1.88 bits per heavy atom. The topological polar surface area (TPSA) is 54.9 Å². The number of rotatable bonds is 3. The number of benzene rings is 1. The van der Waals surface area contributed by atoms with Crippen molar-refractivity contribution in [3.05, 3.63) is 41.4 Å². The third-order valence-electron chi connectivity index (χ3n) is 6.51. The summed E-state index contributed by atoms with van der Waals surface area (Å²) in [6, 6.07) is 10.9. The van der Waals surface area contributed by atoms with Crippen molar-refractivity contribution in [2.75, 3.05) is 5.32 Å². The van der Waals surface area contributed by atoms with Crippen LogP contribution in [0.3, 0.4) is 0 Å². The van der Waals surface area contributed by atoms with Crippen molar-refractivity contribution >= 4 is 22.4 Å². The van der Waals surface area contributed by atoms with E-state index in [1.807, 2.05) is 0 Å². The molecular weight excluding hydrogens is 318 g/mol. The molecule has 6 rings (SSSR count). The molecule has 1 aromatic heterocycles. The lowest BCUT2D eigenvalue weighted by molar-refractivity contribution is -0.143. The van der Waals surface area contributed by atoms with Gasteiger partial charge in [-0.3, -0.25) is 4.79 Å².